The van der Waals surface area contributed by atoms with Gasteiger partial charge in [0.2, 0.25) is 0 Å². The number of hydrogen-bond donors (Lipinski definition) is 1. The van der Waals surface area contributed by atoms with Crippen molar-refractivity contribution < 1.29 is 4.92 Å². The average molecular weight is 291 g/mol. The normalized spacial score (nSPS) is 18.4. The van der Waals surface area contributed by atoms with Crippen molar-refractivity contribution in [1.29, 1.82) is 0 Å². The molecule has 0 fully saturated rings. The number of allylic oxidation sites excluding steroid dienone is 1. The lowest BCUT2D eigenvalue weighted by atomic mass is 10.1. The van der Waals surface area contributed by atoms with Crippen LogP contribution < -0.4 is 0 Å². The molecule has 1 atom stereocenters. The standard InChI is InChI=1S/C13H11ClN4O2/c14-13-16-6-11(18(19)20)8-17(13)7-9-1-2-12-10(5-9)3-4-15-12/h1-6,8,13,15H,7H2. The van der Waals surface area contributed by atoms with Gasteiger partial charge in [-0.2, -0.15) is 0 Å². The lowest BCUT2D eigenvalue weighted by Crippen LogP contribution is -2.29. The fourth-order valence-corrected chi connectivity index (χ4v) is 2.30. The third kappa shape index (κ3) is 2.37. The fraction of sp³-hybridized carbons (Fsp3) is 0.154. The maximum Gasteiger partial charge on any atom is 0.302 e. The van der Waals surface area contributed by atoms with Crippen molar-refractivity contribution in [2.75, 3.05) is 0 Å². The van der Waals surface area contributed by atoms with Crippen molar-refractivity contribution in [3.8, 4) is 0 Å². The Labute approximate surface area is 119 Å². The molecule has 1 unspecified atom stereocenters. The Kier molecular flexibility index (Phi) is 3.15. The summed E-state index contributed by atoms with van der Waals surface area (Å²) in [5, 5.41) is 11.9. The van der Waals surface area contributed by atoms with Gasteiger partial charge in [-0.05, 0) is 29.1 Å². The number of nitrogens with zero attached hydrogens (tertiary/aromatic N) is 3. The zero-order chi connectivity index (χ0) is 14.1. The van der Waals surface area contributed by atoms with Crippen molar-refractivity contribution in [3.05, 3.63) is 58.0 Å². The number of aromatic nitrogens is 1. The molecule has 2 heterocycles. The minimum absolute atomic E-state index is 0.0652. The number of nitro groups is 1. The molecule has 0 aliphatic carbocycles. The van der Waals surface area contributed by atoms with Crippen molar-refractivity contribution in [2.45, 2.75) is 12.2 Å². The number of aromatic amines is 1. The van der Waals surface area contributed by atoms with Gasteiger partial charge in [0.15, 0.2) is 5.62 Å². The highest BCUT2D eigenvalue weighted by Crippen LogP contribution is 2.20. The summed E-state index contributed by atoms with van der Waals surface area (Å²) in [7, 11) is 0. The number of alkyl halides is 1. The van der Waals surface area contributed by atoms with E-state index in [4.69, 9.17) is 11.6 Å². The van der Waals surface area contributed by atoms with E-state index in [-0.39, 0.29) is 5.70 Å². The predicted octanol–water partition coefficient (Wildman–Crippen LogP) is 2.69. The quantitative estimate of drug-likeness (QED) is 0.409. The molecule has 1 aliphatic rings. The van der Waals surface area contributed by atoms with Crippen LogP contribution in [0.5, 0.6) is 0 Å². The molecule has 0 radical (unpaired) electrons. The molecule has 1 N–H and O–H groups in total. The lowest BCUT2D eigenvalue weighted by Gasteiger charge is -2.24. The van der Waals surface area contributed by atoms with Gasteiger partial charge in [0.25, 0.3) is 0 Å². The SMILES string of the molecule is O=[N+]([O-])C1=CN(Cc2ccc3[nH]ccc3c2)C(Cl)N=C1. The van der Waals surface area contributed by atoms with Crippen LogP contribution in [-0.2, 0) is 6.54 Å². The summed E-state index contributed by atoms with van der Waals surface area (Å²) < 4.78 is 0. The number of fused-ring (bicyclic) bond motifs is 1. The second-order valence-corrected chi connectivity index (χ2v) is 4.86. The highest BCUT2D eigenvalue weighted by molar-refractivity contribution is 6.20. The fourth-order valence-electron chi connectivity index (χ4n) is 2.12. The van der Waals surface area contributed by atoms with E-state index >= 15 is 0 Å². The largest absolute Gasteiger partial charge is 0.361 e. The Bertz CT molecular complexity index is 722. The minimum atomic E-state index is -0.624. The van der Waals surface area contributed by atoms with Crippen LogP contribution in [-0.4, -0.2) is 26.6 Å². The summed E-state index contributed by atoms with van der Waals surface area (Å²) >= 11 is 6.05. The number of aliphatic imine (C=N–C) groups is 1. The van der Waals surface area contributed by atoms with Crippen molar-refractivity contribution in [2.24, 2.45) is 4.99 Å². The van der Waals surface area contributed by atoms with Gasteiger partial charge in [0, 0.05) is 18.3 Å². The minimum Gasteiger partial charge on any atom is -0.361 e. The molecule has 0 spiro atoms. The molecule has 7 heteroatoms. The van der Waals surface area contributed by atoms with E-state index in [2.05, 4.69) is 9.98 Å². The summed E-state index contributed by atoms with van der Waals surface area (Å²) in [5.74, 6) is 0. The first-order valence-electron chi connectivity index (χ1n) is 5.99. The molecular weight excluding hydrogens is 280 g/mol. The molecule has 20 heavy (non-hydrogen) atoms. The maximum absolute atomic E-state index is 10.8. The molecule has 0 bridgehead atoms. The van der Waals surface area contributed by atoms with E-state index in [1.54, 1.807) is 4.90 Å². The van der Waals surface area contributed by atoms with E-state index < -0.39 is 10.5 Å². The predicted molar refractivity (Wildman–Crippen MR) is 77.1 cm³/mol. The van der Waals surface area contributed by atoms with Crippen LogP contribution in [0.3, 0.4) is 0 Å². The van der Waals surface area contributed by atoms with Gasteiger partial charge in [-0.1, -0.05) is 17.7 Å². The van der Waals surface area contributed by atoms with Crippen LogP contribution in [0, 0.1) is 10.1 Å². The Hall–Kier alpha value is -2.34. The van der Waals surface area contributed by atoms with Crippen LogP contribution in [0.15, 0.2) is 47.4 Å². The van der Waals surface area contributed by atoms with Crippen molar-refractivity contribution >= 4 is 28.7 Å². The van der Waals surface area contributed by atoms with Gasteiger partial charge in [-0.15, -0.1) is 0 Å². The Balaban J connectivity index is 1.85. The van der Waals surface area contributed by atoms with Gasteiger partial charge < -0.3 is 9.88 Å². The van der Waals surface area contributed by atoms with Crippen LogP contribution in [0.4, 0.5) is 0 Å². The van der Waals surface area contributed by atoms with Crippen LogP contribution >= 0.6 is 11.6 Å². The Morgan fingerprint density at radius 3 is 3.10 bits per heavy atom. The molecule has 1 aromatic heterocycles. The van der Waals surface area contributed by atoms with E-state index in [1.807, 2.05) is 30.5 Å². The van der Waals surface area contributed by atoms with Gasteiger partial charge in [0.05, 0.1) is 11.1 Å². The second-order valence-electron chi connectivity index (χ2n) is 4.47. The summed E-state index contributed by atoms with van der Waals surface area (Å²) in [6.45, 7) is 0.462. The van der Waals surface area contributed by atoms with E-state index in [1.165, 1.54) is 12.4 Å². The van der Waals surface area contributed by atoms with E-state index in [0.717, 1.165) is 16.5 Å². The summed E-state index contributed by atoms with van der Waals surface area (Å²) in [6.07, 6.45) is 4.48. The number of nitrogens with one attached hydrogen (secondary N) is 1. The molecule has 1 aliphatic heterocycles. The molecule has 3 rings (SSSR count). The van der Waals surface area contributed by atoms with Crippen LogP contribution in [0.2, 0.25) is 0 Å². The zero-order valence-corrected chi connectivity index (χ0v) is 11.1. The van der Waals surface area contributed by atoms with Gasteiger partial charge in [0.1, 0.15) is 6.21 Å². The molecule has 6 nitrogen and oxygen atoms in total. The summed E-state index contributed by atoms with van der Waals surface area (Å²) in [6, 6.07) is 7.93. The third-order valence-electron chi connectivity index (χ3n) is 3.10. The highest BCUT2D eigenvalue weighted by atomic mass is 35.5. The van der Waals surface area contributed by atoms with Crippen LogP contribution in [0.25, 0.3) is 10.9 Å². The first-order valence-corrected chi connectivity index (χ1v) is 6.42. The first-order chi connectivity index (χ1) is 9.63. The first kappa shape index (κ1) is 12.7. The number of H-pyrrole nitrogens is 1. The van der Waals surface area contributed by atoms with Crippen molar-refractivity contribution in [1.82, 2.24) is 9.88 Å². The molecule has 102 valence electrons. The molecular formula is C13H11ClN4O2. The summed E-state index contributed by atoms with van der Waals surface area (Å²) in [5.41, 5.74) is 1.37. The van der Waals surface area contributed by atoms with Gasteiger partial charge >= 0.3 is 5.70 Å². The van der Waals surface area contributed by atoms with E-state index in [0.29, 0.717) is 6.54 Å². The molecule has 2 aromatic rings. The van der Waals surface area contributed by atoms with Crippen molar-refractivity contribution in [3.63, 3.8) is 0 Å². The number of hydrogen-bond acceptors (Lipinski definition) is 4. The Morgan fingerprint density at radius 1 is 1.45 bits per heavy atom. The Morgan fingerprint density at radius 2 is 2.30 bits per heavy atom. The molecule has 0 saturated carbocycles. The number of halogens is 1. The maximum atomic E-state index is 10.8. The molecule has 1 aromatic carbocycles. The smallest absolute Gasteiger partial charge is 0.302 e. The highest BCUT2D eigenvalue weighted by Gasteiger charge is 2.21. The summed E-state index contributed by atoms with van der Waals surface area (Å²) in [4.78, 5) is 19.0. The molecule has 0 saturated heterocycles. The second kappa shape index (κ2) is 4.97. The van der Waals surface area contributed by atoms with E-state index in [9.17, 15) is 10.1 Å². The lowest BCUT2D eigenvalue weighted by molar-refractivity contribution is -0.415. The van der Waals surface area contributed by atoms with Crippen LogP contribution in [0.1, 0.15) is 5.56 Å². The topological polar surface area (TPSA) is 74.5 Å². The average Bonchev–Trinajstić information content (AvgIpc) is 2.88. The molecule has 0 amide bonds. The monoisotopic (exact) mass is 290 g/mol. The zero-order valence-electron chi connectivity index (χ0n) is 10.4. The number of benzene rings is 1. The van der Waals surface area contributed by atoms with Gasteiger partial charge in [-0.25, -0.2) is 4.99 Å². The third-order valence-corrected chi connectivity index (χ3v) is 3.46. The number of rotatable bonds is 3. The van der Waals surface area contributed by atoms with Gasteiger partial charge in [-0.3, -0.25) is 10.1 Å².